The topological polar surface area (TPSA) is 108 Å². The number of nitrogens with one attached hydrogen (secondary N) is 1. The lowest BCUT2D eigenvalue weighted by atomic mass is 9.77. The van der Waals surface area contributed by atoms with Gasteiger partial charge < -0.3 is 29.9 Å². The average molecular weight is 416 g/mol. The van der Waals surface area contributed by atoms with Gasteiger partial charge in [-0.05, 0) is 30.9 Å². The third-order valence-corrected chi connectivity index (χ3v) is 5.98. The van der Waals surface area contributed by atoms with Crippen LogP contribution in [0, 0.1) is 5.92 Å². The normalized spacial score (nSPS) is 26.8. The molecular formula is C22H28N2O6. The van der Waals surface area contributed by atoms with Crippen molar-refractivity contribution in [1.82, 2.24) is 10.2 Å². The van der Waals surface area contributed by atoms with E-state index in [1.165, 1.54) is 7.11 Å². The second kappa shape index (κ2) is 8.75. The molecule has 8 heteroatoms. The van der Waals surface area contributed by atoms with Gasteiger partial charge in [-0.25, -0.2) is 0 Å². The third-order valence-electron chi connectivity index (χ3n) is 5.98. The highest BCUT2D eigenvalue weighted by molar-refractivity contribution is 5.96. The molecule has 2 aliphatic carbocycles. The first-order chi connectivity index (χ1) is 14.5. The number of ether oxygens (including phenoxy) is 2. The number of rotatable bonds is 8. The van der Waals surface area contributed by atoms with Crippen LogP contribution in [-0.4, -0.2) is 78.6 Å². The SMILES string of the molecule is COCC(=O)N(CC1CC1)C1C=C(C(=O)NCCO)C2c3ccccc3OC2C1O. The summed E-state index contributed by atoms with van der Waals surface area (Å²) >= 11 is 0. The zero-order chi connectivity index (χ0) is 21.3. The summed E-state index contributed by atoms with van der Waals surface area (Å²) in [6.45, 7) is 0.366. The Balaban J connectivity index is 1.71. The number of hydrogen-bond acceptors (Lipinski definition) is 6. The summed E-state index contributed by atoms with van der Waals surface area (Å²) in [5.74, 6) is 0.0320. The van der Waals surface area contributed by atoms with Crippen LogP contribution in [0.25, 0.3) is 0 Å². The summed E-state index contributed by atoms with van der Waals surface area (Å²) in [5.41, 5.74) is 1.28. The van der Waals surface area contributed by atoms with Crippen molar-refractivity contribution in [3.8, 4) is 5.75 Å². The van der Waals surface area contributed by atoms with Gasteiger partial charge in [0.1, 0.15) is 24.6 Å². The molecule has 1 aromatic carbocycles. The van der Waals surface area contributed by atoms with E-state index in [9.17, 15) is 14.7 Å². The molecule has 0 radical (unpaired) electrons. The Hall–Kier alpha value is -2.42. The Morgan fingerprint density at radius 2 is 2.07 bits per heavy atom. The van der Waals surface area contributed by atoms with Gasteiger partial charge >= 0.3 is 0 Å². The Kier molecular flexibility index (Phi) is 6.08. The van der Waals surface area contributed by atoms with E-state index < -0.39 is 24.2 Å². The fraction of sp³-hybridized carbons (Fsp3) is 0.545. The summed E-state index contributed by atoms with van der Waals surface area (Å²) in [7, 11) is 1.46. The zero-order valence-corrected chi connectivity index (χ0v) is 17.0. The largest absolute Gasteiger partial charge is 0.486 e. The third kappa shape index (κ3) is 3.95. The summed E-state index contributed by atoms with van der Waals surface area (Å²) < 4.78 is 11.1. The number of benzene rings is 1. The molecule has 0 spiro atoms. The number of nitrogens with zero attached hydrogens (tertiary/aromatic N) is 1. The number of fused-ring (bicyclic) bond motifs is 3. The van der Waals surface area contributed by atoms with E-state index in [2.05, 4.69) is 5.32 Å². The van der Waals surface area contributed by atoms with E-state index >= 15 is 0 Å². The maximum absolute atomic E-state index is 13.0. The van der Waals surface area contributed by atoms with Crippen LogP contribution < -0.4 is 10.1 Å². The van der Waals surface area contributed by atoms with Gasteiger partial charge in [0.05, 0.1) is 18.6 Å². The fourth-order valence-corrected chi connectivity index (χ4v) is 4.37. The second-order valence-corrected chi connectivity index (χ2v) is 8.10. The van der Waals surface area contributed by atoms with E-state index in [1.54, 1.807) is 11.0 Å². The van der Waals surface area contributed by atoms with Gasteiger partial charge in [0.25, 0.3) is 0 Å². The molecule has 4 atom stereocenters. The van der Waals surface area contributed by atoms with Gasteiger partial charge in [-0.2, -0.15) is 0 Å². The number of hydrogen-bond donors (Lipinski definition) is 3. The molecule has 0 bridgehead atoms. The number of amides is 2. The van der Waals surface area contributed by atoms with E-state index in [0.717, 1.165) is 18.4 Å². The molecule has 4 unspecified atom stereocenters. The van der Waals surface area contributed by atoms with Gasteiger partial charge in [0.2, 0.25) is 11.8 Å². The molecule has 0 saturated heterocycles. The summed E-state index contributed by atoms with van der Waals surface area (Å²) in [4.78, 5) is 27.4. The highest BCUT2D eigenvalue weighted by Gasteiger charge is 2.50. The van der Waals surface area contributed by atoms with Crippen LogP contribution in [0.3, 0.4) is 0 Å². The molecule has 1 fully saturated rings. The molecule has 4 rings (SSSR count). The first kappa shape index (κ1) is 20.8. The molecule has 1 heterocycles. The van der Waals surface area contributed by atoms with Crippen LogP contribution in [0.1, 0.15) is 24.3 Å². The van der Waals surface area contributed by atoms with Crippen molar-refractivity contribution in [2.24, 2.45) is 5.92 Å². The molecule has 3 N–H and O–H groups in total. The first-order valence-corrected chi connectivity index (χ1v) is 10.4. The Morgan fingerprint density at radius 3 is 2.77 bits per heavy atom. The van der Waals surface area contributed by atoms with Crippen LogP contribution in [0.2, 0.25) is 0 Å². The van der Waals surface area contributed by atoms with Crippen LogP contribution in [0.4, 0.5) is 0 Å². The predicted molar refractivity (Wildman–Crippen MR) is 108 cm³/mol. The predicted octanol–water partition coefficient (Wildman–Crippen LogP) is 0.194. The Morgan fingerprint density at radius 1 is 1.30 bits per heavy atom. The number of aliphatic hydroxyl groups is 2. The number of carbonyl (C=O) groups excluding carboxylic acids is 2. The molecule has 8 nitrogen and oxygen atoms in total. The lowest BCUT2D eigenvalue weighted by molar-refractivity contribution is -0.141. The molecule has 1 saturated carbocycles. The molecule has 1 aliphatic heterocycles. The van der Waals surface area contributed by atoms with Crippen LogP contribution in [-0.2, 0) is 14.3 Å². The van der Waals surface area contributed by atoms with E-state index in [1.807, 2.05) is 24.3 Å². The van der Waals surface area contributed by atoms with Crippen molar-refractivity contribution in [3.05, 3.63) is 41.5 Å². The Labute approximate surface area is 175 Å². The minimum Gasteiger partial charge on any atom is -0.486 e. The summed E-state index contributed by atoms with van der Waals surface area (Å²) in [6, 6.07) is 6.72. The Bertz CT molecular complexity index is 837. The average Bonchev–Trinajstić information content (AvgIpc) is 3.48. The van der Waals surface area contributed by atoms with Crippen molar-refractivity contribution in [3.63, 3.8) is 0 Å². The summed E-state index contributed by atoms with van der Waals surface area (Å²) in [6.07, 6.45) is 2.11. The lowest BCUT2D eigenvalue weighted by Crippen LogP contribution is -2.56. The zero-order valence-electron chi connectivity index (χ0n) is 17.0. The summed E-state index contributed by atoms with van der Waals surface area (Å²) in [5, 5.41) is 23.0. The number of methoxy groups -OCH3 is 1. The van der Waals surface area contributed by atoms with Gasteiger partial charge in [-0.1, -0.05) is 18.2 Å². The number of para-hydroxylation sites is 1. The standard InChI is InChI=1S/C22H28N2O6/c1-29-12-18(26)24(11-13-6-7-13)16-10-15(22(28)23-8-9-25)19-14-4-2-3-5-17(14)30-21(19)20(16)27/h2-5,10,13,16,19-21,25,27H,6-9,11-12H2,1H3,(H,23,28). The number of aliphatic hydroxyl groups excluding tert-OH is 2. The fourth-order valence-electron chi connectivity index (χ4n) is 4.37. The molecule has 3 aliphatic rings. The molecular weight excluding hydrogens is 388 g/mol. The minimum atomic E-state index is -0.989. The van der Waals surface area contributed by atoms with Crippen LogP contribution >= 0.6 is 0 Å². The van der Waals surface area contributed by atoms with E-state index in [-0.39, 0.29) is 31.6 Å². The highest BCUT2D eigenvalue weighted by atomic mass is 16.5. The van der Waals surface area contributed by atoms with E-state index in [0.29, 0.717) is 23.8 Å². The van der Waals surface area contributed by atoms with Crippen LogP contribution in [0.5, 0.6) is 5.75 Å². The van der Waals surface area contributed by atoms with Crippen molar-refractivity contribution >= 4 is 11.8 Å². The minimum absolute atomic E-state index is 0.0923. The van der Waals surface area contributed by atoms with Crippen molar-refractivity contribution in [2.45, 2.75) is 37.0 Å². The van der Waals surface area contributed by atoms with Crippen molar-refractivity contribution in [1.29, 1.82) is 0 Å². The van der Waals surface area contributed by atoms with E-state index in [4.69, 9.17) is 14.6 Å². The lowest BCUT2D eigenvalue weighted by Gasteiger charge is -2.40. The van der Waals surface area contributed by atoms with Gasteiger partial charge in [0, 0.05) is 31.3 Å². The molecule has 30 heavy (non-hydrogen) atoms. The monoisotopic (exact) mass is 416 g/mol. The van der Waals surface area contributed by atoms with Gasteiger partial charge in [-0.15, -0.1) is 0 Å². The second-order valence-electron chi connectivity index (χ2n) is 8.10. The molecule has 2 amide bonds. The maximum Gasteiger partial charge on any atom is 0.249 e. The van der Waals surface area contributed by atoms with Crippen LogP contribution in [0.15, 0.2) is 35.9 Å². The highest BCUT2D eigenvalue weighted by Crippen LogP contribution is 2.47. The smallest absolute Gasteiger partial charge is 0.249 e. The van der Waals surface area contributed by atoms with Gasteiger partial charge in [0.15, 0.2) is 0 Å². The first-order valence-electron chi connectivity index (χ1n) is 10.4. The number of carbonyl (C=O) groups is 2. The maximum atomic E-state index is 13.0. The van der Waals surface area contributed by atoms with Crippen molar-refractivity contribution < 1.29 is 29.3 Å². The van der Waals surface area contributed by atoms with Gasteiger partial charge in [-0.3, -0.25) is 9.59 Å². The molecule has 0 aromatic heterocycles. The quantitative estimate of drug-likeness (QED) is 0.559. The van der Waals surface area contributed by atoms with Crippen molar-refractivity contribution in [2.75, 3.05) is 33.4 Å². The molecule has 1 aromatic rings. The molecule has 162 valence electrons.